The van der Waals surface area contributed by atoms with Gasteiger partial charge in [0.05, 0.1) is 4.88 Å². The van der Waals surface area contributed by atoms with Crippen molar-refractivity contribution in [2.45, 2.75) is 37.7 Å². The van der Waals surface area contributed by atoms with E-state index in [-0.39, 0.29) is 0 Å². The van der Waals surface area contributed by atoms with Crippen LogP contribution in [0.15, 0.2) is 16.7 Å². The third-order valence-electron chi connectivity index (χ3n) is 3.81. The molecule has 0 spiro atoms. The first-order chi connectivity index (χ1) is 9.77. The number of hydrogen-bond acceptors (Lipinski definition) is 6. The van der Waals surface area contributed by atoms with Gasteiger partial charge in [-0.1, -0.05) is 24.4 Å². The van der Waals surface area contributed by atoms with Gasteiger partial charge in [0.25, 0.3) is 5.89 Å². The molecule has 0 amide bonds. The van der Waals surface area contributed by atoms with Crippen LogP contribution >= 0.6 is 11.3 Å². The summed E-state index contributed by atoms with van der Waals surface area (Å²) in [4.78, 5) is 5.95. The summed E-state index contributed by atoms with van der Waals surface area (Å²) in [5.41, 5.74) is -0.407. The first kappa shape index (κ1) is 13.3. The predicted octanol–water partition coefficient (Wildman–Crippen LogP) is 3.48. The van der Waals surface area contributed by atoms with Crippen LogP contribution in [0.1, 0.15) is 42.8 Å². The Bertz CT molecular complexity index is 635. The lowest BCUT2D eigenvalue weighted by atomic mass is 9.84. The highest BCUT2D eigenvalue weighted by Crippen LogP contribution is 2.39. The molecule has 0 bridgehead atoms. The van der Waals surface area contributed by atoms with Crippen molar-refractivity contribution in [1.29, 1.82) is 5.26 Å². The molecule has 0 saturated heterocycles. The Hall–Kier alpha value is -1.71. The van der Waals surface area contributed by atoms with Crippen molar-refractivity contribution in [3.8, 4) is 16.8 Å². The van der Waals surface area contributed by atoms with E-state index in [1.165, 1.54) is 17.8 Å². The smallest absolute Gasteiger partial charge is 0.268 e. The Balaban J connectivity index is 1.91. The second kappa shape index (κ2) is 5.35. The zero-order valence-electron chi connectivity index (χ0n) is 11.3. The van der Waals surface area contributed by atoms with E-state index in [0.29, 0.717) is 16.6 Å². The fourth-order valence-electron chi connectivity index (χ4n) is 2.66. The molecule has 0 N–H and O–H groups in total. The van der Waals surface area contributed by atoms with Crippen molar-refractivity contribution in [3.63, 3.8) is 0 Å². The zero-order valence-corrected chi connectivity index (χ0v) is 12.1. The summed E-state index contributed by atoms with van der Waals surface area (Å²) in [5, 5.41) is 13.0. The van der Waals surface area contributed by atoms with E-state index in [4.69, 9.17) is 14.5 Å². The molecule has 0 aromatic carbocycles. The van der Waals surface area contributed by atoms with Gasteiger partial charge < -0.3 is 9.26 Å². The Morgan fingerprint density at radius 2 is 2.15 bits per heavy atom. The molecule has 2 aromatic heterocycles. The summed E-state index contributed by atoms with van der Waals surface area (Å²) in [7, 11) is 1.71. The monoisotopic (exact) mass is 289 g/mol. The molecule has 6 heteroatoms. The summed E-state index contributed by atoms with van der Waals surface area (Å²) in [6, 6.07) is 5.70. The van der Waals surface area contributed by atoms with Crippen LogP contribution in [0.3, 0.4) is 0 Å². The molecule has 2 aromatic rings. The average Bonchev–Trinajstić information content (AvgIpc) is 3.16. The lowest BCUT2D eigenvalue weighted by Gasteiger charge is -2.32. The molecule has 0 unspecified atom stereocenters. The maximum absolute atomic E-state index is 8.86. The van der Waals surface area contributed by atoms with Crippen molar-refractivity contribution >= 4 is 11.3 Å². The van der Waals surface area contributed by atoms with Crippen LogP contribution in [0.4, 0.5) is 0 Å². The topological polar surface area (TPSA) is 71.9 Å². The van der Waals surface area contributed by atoms with Gasteiger partial charge in [0, 0.05) is 7.11 Å². The van der Waals surface area contributed by atoms with Gasteiger partial charge in [0.1, 0.15) is 16.5 Å². The van der Waals surface area contributed by atoms with E-state index in [0.717, 1.165) is 30.6 Å². The maximum atomic E-state index is 8.86. The van der Waals surface area contributed by atoms with Crippen molar-refractivity contribution < 1.29 is 9.26 Å². The standard InChI is InChI=1S/C14H15N3O2S/c1-18-14(7-3-2-4-8-14)13-16-12(19-17-13)11-6-5-10(9-15)20-11/h5-6H,2-4,7-8H2,1H3. The van der Waals surface area contributed by atoms with E-state index in [1.54, 1.807) is 13.2 Å². The molecular formula is C14H15N3O2S. The van der Waals surface area contributed by atoms with Gasteiger partial charge >= 0.3 is 0 Å². The van der Waals surface area contributed by atoms with Gasteiger partial charge in [-0.25, -0.2) is 0 Å². The van der Waals surface area contributed by atoms with Crippen LogP contribution in [-0.2, 0) is 10.3 Å². The number of hydrogen-bond donors (Lipinski definition) is 0. The van der Waals surface area contributed by atoms with Crippen LogP contribution in [0, 0.1) is 11.3 Å². The molecule has 104 valence electrons. The van der Waals surface area contributed by atoms with E-state index >= 15 is 0 Å². The highest BCUT2D eigenvalue weighted by atomic mass is 32.1. The summed E-state index contributed by atoms with van der Waals surface area (Å²) in [5.74, 6) is 1.09. The van der Waals surface area contributed by atoms with Crippen LogP contribution in [-0.4, -0.2) is 17.3 Å². The molecule has 0 aliphatic heterocycles. The number of nitrogens with zero attached hydrogens (tertiary/aromatic N) is 3. The fourth-order valence-corrected chi connectivity index (χ4v) is 3.39. The first-order valence-electron chi connectivity index (χ1n) is 6.67. The molecule has 1 saturated carbocycles. The Morgan fingerprint density at radius 1 is 1.35 bits per heavy atom. The van der Waals surface area contributed by atoms with Crippen LogP contribution < -0.4 is 0 Å². The van der Waals surface area contributed by atoms with Crippen molar-refractivity contribution in [2.24, 2.45) is 0 Å². The molecule has 1 aliphatic rings. The summed E-state index contributed by atoms with van der Waals surface area (Å²) in [6.07, 6.45) is 5.32. The van der Waals surface area contributed by atoms with Crippen LogP contribution in [0.5, 0.6) is 0 Å². The minimum Gasteiger partial charge on any atom is -0.370 e. The number of ether oxygens (including phenoxy) is 1. The normalized spacial score (nSPS) is 17.8. The van der Waals surface area contributed by atoms with Crippen molar-refractivity contribution in [1.82, 2.24) is 10.1 Å². The van der Waals surface area contributed by atoms with Gasteiger partial charge in [-0.3, -0.25) is 0 Å². The van der Waals surface area contributed by atoms with Gasteiger partial charge in [-0.15, -0.1) is 11.3 Å². The number of nitriles is 1. The zero-order chi connectivity index (χ0) is 14.0. The lowest BCUT2D eigenvalue weighted by molar-refractivity contribution is -0.0527. The Labute approximate surface area is 121 Å². The molecule has 1 fully saturated rings. The number of methoxy groups -OCH3 is 1. The largest absolute Gasteiger partial charge is 0.370 e. The maximum Gasteiger partial charge on any atom is 0.268 e. The van der Waals surface area contributed by atoms with Gasteiger partial charge in [-0.2, -0.15) is 10.2 Å². The number of thiophene rings is 1. The van der Waals surface area contributed by atoms with Gasteiger partial charge in [0.15, 0.2) is 0 Å². The second-order valence-electron chi connectivity index (χ2n) is 4.96. The second-order valence-corrected chi connectivity index (χ2v) is 6.04. The van der Waals surface area contributed by atoms with Crippen molar-refractivity contribution in [2.75, 3.05) is 7.11 Å². The fraction of sp³-hybridized carbons (Fsp3) is 0.500. The highest BCUT2D eigenvalue weighted by molar-refractivity contribution is 7.15. The molecule has 5 nitrogen and oxygen atoms in total. The van der Waals surface area contributed by atoms with E-state index in [9.17, 15) is 0 Å². The van der Waals surface area contributed by atoms with Crippen LogP contribution in [0.25, 0.3) is 10.8 Å². The SMILES string of the molecule is COC1(c2noc(-c3ccc(C#N)s3)n2)CCCCC1. The summed E-state index contributed by atoms with van der Waals surface area (Å²) < 4.78 is 11.1. The molecule has 20 heavy (non-hydrogen) atoms. The molecule has 1 aliphatic carbocycles. The lowest BCUT2D eigenvalue weighted by Crippen LogP contribution is -2.32. The van der Waals surface area contributed by atoms with E-state index < -0.39 is 5.60 Å². The summed E-state index contributed by atoms with van der Waals surface area (Å²) in [6.45, 7) is 0. The molecule has 3 rings (SSSR count). The number of rotatable bonds is 3. The minimum absolute atomic E-state index is 0.407. The van der Waals surface area contributed by atoms with Gasteiger partial charge in [0.2, 0.25) is 5.82 Å². The quantitative estimate of drug-likeness (QED) is 0.865. The van der Waals surface area contributed by atoms with Crippen LogP contribution in [0.2, 0.25) is 0 Å². The Morgan fingerprint density at radius 3 is 2.80 bits per heavy atom. The molecule has 0 radical (unpaired) electrons. The molecular weight excluding hydrogens is 274 g/mol. The van der Waals surface area contributed by atoms with Gasteiger partial charge in [-0.05, 0) is 25.0 Å². The molecule has 2 heterocycles. The minimum atomic E-state index is -0.407. The third-order valence-corrected chi connectivity index (χ3v) is 4.79. The third kappa shape index (κ3) is 2.23. The van der Waals surface area contributed by atoms with E-state index in [1.807, 2.05) is 6.07 Å². The first-order valence-corrected chi connectivity index (χ1v) is 7.49. The highest BCUT2D eigenvalue weighted by Gasteiger charge is 2.38. The molecule has 0 atom stereocenters. The Kier molecular flexibility index (Phi) is 3.55. The average molecular weight is 289 g/mol. The number of aromatic nitrogens is 2. The predicted molar refractivity (Wildman–Crippen MR) is 74.1 cm³/mol. The van der Waals surface area contributed by atoms with E-state index in [2.05, 4.69) is 16.2 Å². The summed E-state index contributed by atoms with van der Waals surface area (Å²) >= 11 is 1.35. The van der Waals surface area contributed by atoms with Crippen molar-refractivity contribution in [3.05, 3.63) is 22.8 Å².